The van der Waals surface area contributed by atoms with Gasteiger partial charge in [-0.2, -0.15) is 0 Å². The van der Waals surface area contributed by atoms with E-state index >= 15 is 0 Å². The van der Waals surface area contributed by atoms with E-state index in [1.807, 2.05) is 25.1 Å². The lowest BCUT2D eigenvalue weighted by Crippen LogP contribution is -2.45. The minimum atomic E-state index is -0.149. The van der Waals surface area contributed by atoms with Gasteiger partial charge in [-0.25, -0.2) is 0 Å². The molecule has 1 aliphatic rings. The molecule has 0 spiro atoms. The summed E-state index contributed by atoms with van der Waals surface area (Å²) < 4.78 is 6.62. The summed E-state index contributed by atoms with van der Waals surface area (Å²) in [5.74, 6) is -0.0107. The van der Waals surface area contributed by atoms with Crippen LogP contribution in [0.25, 0.3) is 0 Å². The molecule has 4 heteroatoms. The van der Waals surface area contributed by atoms with Crippen molar-refractivity contribution in [1.29, 1.82) is 0 Å². The number of aryl methyl sites for hydroxylation is 1. The number of ether oxygens (including phenoxy) is 1. The third kappa shape index (κ3) is 3.80. The van der Waals surface area contributed by atoms with Crippen LogP contribution in [0.2, 0.25) is 0 Å². The normalized spacial score (nSPS) is 22.0. The number of halogens is 1. The van der Waals surface area contributed by atoms with Crippen LogP contribution in [0.15, 0.2) is 22.7 Å². The average Bonchev–Trinajstić information content (AvgIpc) is 2.31. The molecular weight excluding hydrogens is 306 g/mol. The second-order valence-electron chi connectivity index (χ2n) is 5.74. The van der Waals surface area contributed by atoms with Crippen molar-refractivity contribution in [2.75, 3.05) is 6.61 Å². The summed E-state index contributed by atoms with van der Waals surface area (Å²) in [5.41, 5.74) is 1.68. The van der Waals surface area contributed by atoms with Crippen LogP contribution < -0.4 is 5.32 Å². The topological polar surface area (TPSA) is 38.3 Å². The van der Waals surface area contributed by atoms with Crippen LogP contribution in [0.1, 0.15) is 42.6 Å². The first kappa shape index (κ1) is 14.5. The molecule has 1 amide bonds. The van der Waals surface area contributed by atoms with Gasteiger partial charge in [0.15, 0.2) is 0 Å². The summed E-state index contributed by atoms with van der Waals surface area (Å²) in [6.45, 7) is 6.84. The zero-order valence-corrected chi connectivity index (χ0v) is 13.2. The lowest BCUT2D eigenvalue weighted by atomic mass is 9.94. The highest BCUT2D eigenvalue weighted by molar-refractivity contribution is 9.10. The van der Waals surface area contributed by atoms with Gasteiger partial charge in [0.25, 0.3) is 5.91 Å². The molecule has 3 nitrogen and oxygen atoms in total. The summed E-state index contributed by atoms with van der Waals surface area (Å²) in [6.07, 6.45) is 1.73. The van der Waals surface area contributed by atoms with E-state index in [0.29, 0.717) is 12.2 Å². The highest BCUT2D eigenvalue weighted by atomic mass is 79.9. The van der Waals surface area contributed by atoms with Gasteiger partial charge in [0.05, 0.1) is 5.60 Å². The summed E-state index contributed by atoms with van der Waals surface area (Å²) in [7, 11) is 0. The summed E-state index contributed by atoms with van der Waals surface area (Å²) in [4.78, 5) is 12.2. The third-order valence-corrected chi connectivity index (χ3v) is 4.32. The molecule has 0 aliphatic carbocycles. The van der Waals surface area contributed by atoms with Gasteiger partial charge in [0, 0.05) is 22.7 Å². The summed E-state index contributed by atoms with van der Waals surface area (Å²) in [6, 6.07) is 5.87. The molecule has 1 fully saturated rings. The van der Waals surface area contributed by atoms with Gasteiger partial charge in [-0.15, -0.1) is 0 Å². The third-order valence-electron chi connectivity index (χ3n) is 3.47. The highest BCUT2D eigenvalue weighted by Crippen LogP contribution is 2.24. The standard InChI is InChI=1S/C15H20BrNO2/c1-10-4-5-11(8-13(10)16)14(18)17-12-6-7-19-15(2,3)9-12/h4-5,8,12H,6-7,9H2,1-3H3,(H,17,18). The van der Waals surface area contributed by atoms with Crippen molar-refractivity contribution in [3.05, 3.63) is 33.8 Å². The molecule has 0 radical (unpaired) electrons. The van der Waals surface area contributed by atoms with E-state index in [-0.39, 0.29) is 17.6 Å². The Morgan fingerprint density at radius 1 is 1.47 bits per heavy atom. The maximum absolute atomic E-state index is 12.2. The molecule has 1 aromatic carbocycles. The smallest absolute Gasteiger partial charge is 0.251 e. The Morgan fingerprint density at radius 2 is 2.21 bits per heavy atom. The predicted molar refractivity (Wildman–Crippen MR) is 79.4 cm³/mol. The van der Waals surface area contributed by atoms with Gasteiger partial charge in [0.1, 0.15) is 0 Å². The quantitative estimate of drug-likeness (QED) is 0.904. The fourth-order valence-corrected chi connectivity index (χ4v) is 2.74. The molecule has 0 bridgehead atoms. The summed E-state index contributed by atoms with van der Waals surface area (Å²) >= 11 is 3.46. The average molecular weight is 326 g/mol. The second kappa shape index (κ2) is 5.63. The van der Waals surface area contributed by atoms with E-state index in [1.54, 1.807) is 0 Å². The molecule has 1 N–H and O–H groups in total. The number of carbonyl (C=O) groups excluding carboxylic acids is 1. The number of hydrogen-bond acceptors (Lipinski definition) is 2. The van der Waals surface area contributed by atoms with Crippen LogP contribution in [0, 0.1) is 6.92 Å². The number of nitrogens with one attached hydrogen (secondary N) is 1. The Morgan fingerprint density at radius 3 is 2.84 bits per heavy atom. The Kier molecular flexibility index (Phi) is 4.31. The first-order valence-corrected chi connectivity index (χ1v) is 7.38. The first-order valence-electron chi connectivity index (χ1n) is 6.58. The van der Waals surface area contributed by atoms with E-state index in [2.05, 4.69) is 35.1 Å². The van der Waals surface area contributed by atoms with E-state index < -0.39 is 0 Å². The van der Waals surface area contributed by atoms with Crippen molar-refractivity contribution in [3.8, 4) is 0 Å². The van der Waals surface area contributed by atoms with Crippen LogP contribution in [0.4, 0.5) is 0 Å². The molecule has 1 aliphatic heterocycles. The predicted octanol–water partition coefficient (Wildman–Crippen LogP) is 3.44. The SMILES string of the molecule is Cc1ccc(C(=O)NC2CCOC(C)(C)C2)cc1Br. The number of benzene rings is 1. The van der Waals surface area contributed by atoms with Gasteiger partial charge in [0.2, 0.25) is 0 Å². The first-order chi connectivity index (χ1) is 8.87. The fraction of sp³-hybridized carbons (Fsp3) is 0.533. The zero-order chi connectivity index (χ0) is 14.0. The molecule has 1 atom stereocenters. The zero-order valence-electron chi connectivity index (χ0n) is 11.6. The number of amides is 1. The van der Waals surface area contributed by atoms with Crippen LogP contribution >= 0.6 is 15.9 Å². The van der Waals surface area contributed by atoms with Crippen molar-refractivity contribution in [2.24, 2.45) is 0 Å². The minimum absolute atomic E-state index is 0.0107. The number of hydrogen-bond donors (Lipinski definition) is 1. The van der Waals surface area contributed by atoms with Crippen LogP contribution in [-0.4, -0.2) is 24.2 Å². The van der Waals surface area contributed by atoms with Crippen LogP contribution in [0.3, 0.4) is 0 Å². The summed E-state index contributed by atoms with van der Waals surface area (Å²) in [5, 5.41) is 3.10. The number of rotatable bonds is 2. The van der Waals surface area contributed by atoms with Crippen molar-refractivity contribution < 1.29 is 9.53 Å². The molecule has 1 saturated heterocycles. The highest BCUT2D eigenvalue weighted by Gasteiger charge is 2.29. The Bertz CT molecular complexity index is 485. The van der Waals surface area contributed by atoms with Gasteiger partial charge in [-0.3, -0.25) is 4.79 Å². The number of carbonyl (C=O) groups is 1. The second-order valence-corrected chi connectivity index (χ2v) is 6.59. The van der Waals surface area contributed by atoms with Gasteiger partial charge < -0.3 is 10.1 Å². The monoisotopic (exact) mass is 325 g/mol. The van der Waals surface area contributed by atoms with Crippen molar-refractivity contribution in [1.82, 2.24) is 5.32 Å². The lowest BCUT2D eigenvalue weighted by Gasteiger charge is -2.35. The van der Waals surface area contributed by atoms with Gasteiger partial charge in [-0.1, -0.05) is 22.0 Å². The lowest BCUT2D eigenvalue weighted by molar-refractivity contribution is -0.0615. The van der Waals surface area contributed by atoms with E-state index in [4.69, 9.17) is 4.74 Å². The van der Waals surface area contributed by atoms with Crippen LogP contribution in [-0.2, 0) is 4.74 Å². The van der Waals surface area contributed by atoms with Crippen molar-refractivity contribution in [3.63, 3.8) is 0 Å². The molecule has 104 valence electrons. The van der Waals surface area contributed by atoms with E-state index in [1.165, 1.54) is 0 Å². The maximum atomic E-state index is 12.2. The molecular formula is C15H20BrNO2. The Labute approximate surface area is 122 Å². The van der Waals surface area contributed by atoms with E-state index in [9.17, 15) is 4.79 Å². The Balaban J connectivity index is 2.02. The molecule has 1 heterocycles. The van der Waals surface area contributed by atoms with E-state index in [0.717, 1.165) is 22.9 Å². The van der Waals surface area contributed by atoms with Gasteiger partial charge in [-0.05, 0) is 51.3 Å². The molecule has 2 rings (SSSR count). The van der Waals surface area contributed by atoms with Crippen molar-refractivity contribution in [2.45, 2.75) is 45.3 Å². The molecule has 1 aromatic rings. The largest absolute Gasteiger partial charge is 0.375 e. The van der Waals surface area contributed by atoms with Gasteiger partial charge >= 0.3 is 0 Å². The molecule has 0 aromatic heterocycles. The maximum Gasteiger partial charge on any atom is 0.251 e. The minimum Gasteiger partial charge on any atom is -0.375 e. The molecule has 19 heavy (non-hydrogen) atoms. The van der Waals surface area contributed by atoms with Crippen LogP contribution in [0.5, 0.6) is 0 Å². The molecule has 0 saturated carbocycles. The van der Waals surface area contributed by atoms with Crippen molar-refractivity contribution >= 4 is 21.8 Å². The molecule has 1 unspecified atom stereocenters. The Hall–Kier alpha value is -0.870. The fourth-order valence-electron chi connectivity index (χ4n) is 2.36.